The molecule has 0 aromatic heterocycles. The number of carboxylic acid groups (broad SMARTS) is 1. The van der Waals surface area contributed by atoms with Gasteiger partial charge in [-0.2, -0.15) is 0 Å². The monoisotopic (exact) mass is 630 g/mol. The van der Waals surface area contributed by atoms with Gasteiger partial charge in [-0.05, 0) is 73.0 Å². The molecular formula is C29H25BrCl2N2O5. The van der Waals surface area contributed by atoms with Crippen LogP contribution in [0.3, 0.4) is 0 Å². The summed E-state index contributed by atoms with van der Waals surface area (Å²) in [6, 6.07) is 15.2. The van der Waals surface area contributed by atoms with E-state index in [1.54, 1.807) is 43.3 Å². The SMILES string of the molecule is Cc1ccc(Cl)cc1C1NC(=O)CC(c2cc(Br)ccc2OCC(C)C(=O)O)C12C(=O)Nc1cc(Cl)ccc12. The first-order valence-electron chi connectivity index (χ1n) is 12.3. The summed E-state index contributed by atoms with van der Waals surface area (Å²) in [5, 5.41) is 16.4. The molecule has 7 nitrogen and oxygen atoms in total. The Kier molecular flexibility index (Phi) is 7.39. The standard InChI is InChI=1S/C29H25BrCl2N2O5/c1-14-3-5-17(31)10-19(14)26-29(21-7-6-18(32)11-23(21)33-28(29)38)22(12-25(35)34-26)20-9-16(30)4-8-24(20)39-13-15(2)27(36)37/h3-11,15,22,26H,12-13H2,1-2H3,(H,33,38)(H,34,35)(H,36,37). The quantitative estimate of drug-likeness (QED) is 0.292. The molecule has 2 amide bonds. The second-order valence-corrected chi connectivity index (χ2v) is 11.8. The van der Waals surface area contributed by atoms with E-state index in [1.165, 1.54) is 0 Å². The maximum absolute atomic E-state index is 14.3. The van der Waals surface area contributed by atoms with Crippen LogP contribution in [0.4, 0.5) is 5.69 Å². The van der Waals surface area contributed by atoms with E-state index >= 15 is 0 Å². The Balaban J connectivity index is 1.77. The molecule has 2 aliphatic rings. The normalized spacial score (nSPS) is 22.7. The van der Waals surface area contributed by atoms with Crippen molar-refractivity contribution < 1.29 is 24.2 Å². The first-order valence-corrected chi connectivity index (χ1v) is 13.9. The third-order valence-corrected chi connectivity index (χ3v) is 8.52. The van der Waals surface area contributed by atoms with Crippen molar-refractivity contribution >= 4 is 62.6 Å². The molecule has 2 aliphatic heterocycles. The molecule has 202 valence electrons. The number of aliphatic carboxylic acids is 1. The topological polar surface area (TPSA) is 105 Å². The summed E-state index contributed by atoms with van der Waals surface area (Å²) >= 11 is 16.3. The number of hydrogen-bond donors (Lipinski definition) is 3. The molecule has 39 heavy (non-hydrogen) atoms. The zero-order chi connectivity index (χ0) is 28.1. The number of ether oxygens (including phenoxy) is 1. The fourth-order valence-electron chi connectivity index (χ4n) is 5.65. The number of halogens is 3. The van der Waals surface area contributed by atoms with E-state index in [4.69, 9.17) is 27.9 Å². The molecule has 0 saturated carbocycles. The van der Waals surface area contributed by atoms with Crippen LogP contribution >= 0.6 is 39.1 Å². The highest BCUT2D eigenvalue weighted by molar-refractivity contribution is 9.10. The van der Waals surface area contributed by atoms with Crippen LogP contribution in [-0.2, 0) is 19.8 Å². The van der Waals surface area contributed by atoms with Gasteiger partial charge in [0.15, 0.2) is 0 Å². The van der Waals surface area contributed by atoms with Crippen LogP contribution in [0.1, 0.15) is 47.6 Å². The van der Waals surface area contributed by atoms with Crippen molar-refractivity contribution in [3.05, 3.63) is 91.4 Å². The predicted octanol–water partition coefficient (Wildman–Crippen LogP) is 6.40. The molecule has 1 saturated heterocycles. The molecule has 1 spiro atoms. The lowest BCUT2D eigenvalue weighted by atomic mass is 9.59. The zero-order valence-electron chi connectivity index (χ0n) is 21.1. The van der Waals surface area contributed by atoms with Gasteiger partial charge in [-0.25, -0.2) is 0 Å². The van der Waals surface area contributed by atoms with Crippen molar-refractivity contribution in [3.63, 3.8) is 0 Å². The van der Waals surface area contributed by atoms with E-state index in [-0.39, 0.29) is 24.8 Å². The molecule has 0 radical (unpaired) electrons. The molecule has 3 aromatic carbocycles. The fraction of sp³-hybridized carbons (Fsp3) is 0.276. The zero-order valence-corrected chi connectivity index (χ0v) is 24.2. The summed E-state index contributed by atoms with van der Waals surface area (Å²) < 4.78 is 6.75. The van der Waals surface area contributed by atoms with Gasteiger partial charge < -0.3 is 20.5 Å². The molecule has 5 rings (SSSR count). The number of fused-ring (bicyclic) bond motifs is 2. The number of carboxylic acids is 1. The Labute approximate surface area is 244 Å². The van der Waals surface area contributed by atoms with Crippen molar-refractivity contribution in [3.8, 4) is 5.75 Å². The number of nitrogens with one attached hydrogen (secondary N) is 2. The molecule has 10 heteroatoms. The second-order valence-electron chi connectivity index (χ2n) is 10.0. The highest BCUT2D eigenvalue weighted by Crippen LogP contribution is 2.59. The van der Waals surface area contributed by atoms with E-state index in [0.717, 1.165) is 15.6 Å². The number of piperidine rings is 1. The van der Waals surface area contributed by atoms with Gasteiger partial charge in [0.2, 0.25) is 11.8 Å². The molecular weight excluding hydrogens is 607 g/mol. The van der Waals surface area contributed by atoms with E-state index in [1.807, 2.05) is 25.1 Å². The van der Waals surface area contributed by atoms with Gasteiger partial charge in [0.1, 0.15) is 17.8 Å². The number of benzene rings is 3. The number of aryl methyl sites for hydroxylation is 1. The van der Waals surface area contributed by atoms with Crippen molar-refractivity contribution in [2.45, 2.75) is 37.6 Å². The van der Waals surface area contributed by atoms with E-state index in [0.29, 0.717) is 32.6 Å². The lowest BCUT2D eigenvalue weighted by molar-refractivity contribution is -0.142. The summed E-state index contributed by atoms with van der Waals surface area (Å²) in [5.41, 5.74) is 2.16. The number of anilines is 1. The molecule has 4 unspecified atom stereocenters. The molecule has 3 N–H and O–H groups in total. The number of carbonyl (C=O) groups is 3. The Morgan fingerprint density at radius 2 is 1.82 bits per heavy atom. The number of amides is 2. The van der Waals surface area contributed by atoms with Crippen LogP contribution in [0.2, 0.25) is 10.0 Å². The summed E-state index contributed by atoms with van der Waals surface area (Å²) in [5.74, 6) is -2.55. The minimum Gasteiger partial charge on any atom is -0.492 e. The van der Waals surface area contributed by atoms with Gasteiger partial charge in [0.05, 0.1) is 12.0 Å². The smallest absolute Gasteiger partial charge is 0.309 e. The summed E-state index contributed by atoms with van der Waals surface area (Å²) in [4.78, 5) is 39.1. The van der Waals surface area contributed by atoms with Gasteiger partial charge in [-0.15, -0.1) is 0 Å². The highest BCUT2D eigenvalue weighted by Gasteiger charge is 2.61. The van der Waals surface area contributed by atoms with Crippen LogP contribution in [0.5, 0.6) is 5.75 Å². The predicted molar refractivity (Wildman–Crippen MR) is 153 cm³/mol. The van der Waals surface area contributed by atoms with Crippen LogP contribution in [0.25, 0.3) is 0 Å². The van der Waals surface area contributed by atoms with Gasteiger partial charge in [-0.3, -0.25) is 14.4 Å². The van der Waals surface area contributed by atoms with E-state index in [2.05, 4.69) is 26.6 Å². The number of carbonyl (C=O) groups excluding carboxylic acids is 2. The van der Waals surface area contributed by atoms with Gasteiger partial charge in [-0.1, -0.05) is 51.3 Å². The maximum atomic E-state index is 14.3. The first kappa shape index (κ1) is 27.5. The number of rotatable bonds is 6. The summed E-state index contributed by atoms with van der Waals surface area (Å²) in [7, 11) is 0. The summed E-state index contributed by atoms with van der Waals surface area (Å²) in [6.45, 7) is 3.38. The second kappa shape index (κ2) is 10.5. The van der Waals surface area contributed by atoms with Crippen molar-refractivity contribution in [2.24, 2.45) is 5.92 Å². The van der Waals surface area contributed by atoms with Crippen LogP contribution < -0.4 is 15.4 Å². The van der Waals surface area contributed by atoms with Gasteiger partial charge in [0.25, 0.3) is 0 Å². The largest absolute Gasteiger partial charge is 0.492 e. The molecule has 4 atom stereocenters. The lowest BCUT2D eigenvalue weighted by Gasteiger charge is -2.47. The van der Waals surface area contributed by atoms with Crippen LogP contribution in [-0.4, -0.2) is 29.5 Å². The molecule has 1 fully saturated rings. The average Bonchev–Trinajstić information content (AvgIpc) is 3.16. The highest BCUT2D eigenvalue weighted by atomic mass is 79.9. The Morgan fingerprint density at radius 1 is 1.10 bits per heavy atom. The van der Waals surface area contributed by atoms with Crippen molar-refractivity contribution in [2.75, 3.05) is 11.9 Å². The van der Waals surface area contributed by atoms with E-state index < -0.39 is 29.3 Å². The maximum Gasteiger partial charge on any atom is 0.309 e. The third kappa shape index (κ3) is 4.79. The molecule has 0 bridgehead atoms. The minimum absolute atomic E-state index is 0.00705. The molecule has 2 heterocycles. The van der Waals surface area contributed by atoms with Gasteiger partial charge in [0, 0.05) is 38.1 Å². The van der Waals surface area contributed by atoms with Gasteiger partial charge >= 0.3 is 5.97 Å². The minimum atomic E-state index is -1.29. The first-order chi connectivity index (χ1) is 18.5. The Bertz CT molecular complexity index is 1510. The Hall–Kier alpha value is -3.07. The Morgan fingerprint density at radius 3 is 2.56 bits per heavy atom. The van der Waals surface area contributed by atoms with Crippen LogP contribution in [0, 0.1) is 12.8 Å². The molecule has 0 aliphatic carbocycles. The molecule has 3 aromatic rings. The lowest BCUT2D eigenvalue weighted by Crippen LogP contribution is -2.57. The van der Waals surface area contributed by atoms with E-state index in [9.17, 15) is 19.5 Å². The summed E-state index contributed by atoms with van der Waals surface area (Å²) in [6.07, 6.45) is -0.00705. The van der Waals surface area contributed by atoms with Crippen molar-refractivity contribution in [1.82, 2.24) is 5.32 Å². The number of hydrogen-bond acceptors (Lipinski definition) is 4. The third-order valence-electron chi connectivity index (χ3n) is 7.56. The van der Waals surface area contributed by atoms with Crippen molar-refractivity contribution in [1.29, 1.82) is 0 Å². The average molecular weight is 632 g/mol. The van der Waals surface area contributed by atoms with Crippen LogP contribution in [0.15, 0.2) is 59.1 Å². The fourth-order valence-corrected chi connectivity index (χ4v) is 6.38.